The topological polar surface area (TPSA) is 60.8 Å². The average Bonchev–Trinajstić information content (AvgIpc) is 3.37. The molecule has 0 aromatic heterocycles. The lowest BCUT2D eigenvalue weighted by molar-refractivity contribution is 0.0602. The fourth-order valence-corrected chi connectivity index (χ4v) is 2.57. The maximum atomic E-state index is 13.0. The minimum Gasteiger partial charge on any atom is -0.508 e. The Kier molecular flexibility index (Phi) is 4.30. The van der Waals surface area contributed by atoms with Crippen molar-refractivity contribution in [2.24, 2.45) is 0 Å². The lowest BCUT2D eigenvalue weighted by Crippen LogP contribution is -2.36. The fraction of sp³-hybridized carbons (Fsp3) is 0.278. The van der Waals surface area contributed by atoms with Gasteiger partial charge in [-0.05, 0) is 48.7 Å². The van der Waals surface area contributed by atoms with Crippen molar-refractivity contribution in [1.29, 1.82) is 0 Å². The predicted octanol–water partition coefficient (Wildman–Crippen LogP) is 2.87. The molecule has 0 aliphatic heterocycles. The number of phenols is 1. The van der Waals surface area contributed by atoms with E-state index in [-0.39, 0.29) is 30.1 Å². The minimum atomic E-state index is -0.877. The number of carbonyl (C=O) groups is 1. The van der Waals surface area contributed by atoms with E-state index in [4.69, 9.17) is 0 Å². The summed E-state index contributed by atoms with van der Waals surface area (Å²) in [6.45, 7) is 0.144. The Morgan fingerprint density at radius 3 is 2.52 bits per heavy atom. The van der Waals surface area contributed by atoms with Gasteiger partial charge in [0.2, 0.25) is 0 Å². The maximum absolute atomic E-state index is 13.0. The first kappa shape index (κ1) is 15.5. The quantitative estimate of drug-likeness (QED) is 0.892. The van der Waals surface area contributed by atoms with Crippen molar-refractivity contribution >= 4 is 5.91 Å². The number of aliphatic hydroxyl groups excluding tert-OH is 1. The van der Waals surface area contributed by atoms with Crippen LogP contribution >= 0.6 is 0 Å². The van der Waals surface area contributed by atoms with Gasteiger partial charge in [-0.15, -0.1) is 0 Å². The molecule has 2 N–H and O–H groups in total. The maximum Gasteiger partial charge on any atom is 0.254 e. The monoisotopic (exact) mass is 315 g/mol. The molecule has 0 unspecified atom stereocenters. The van der Waals surface area contributed by atoms with Crippen LogP contribution in [0.3, 0.4) is 0 Å². The normalized spacial score (nSPS) is 15.2. The first-order valence-corrected chi connectivity index (χ1v) is 7.58. The van der Waals surface area contributed by atoms with Crippen LogP contribution in [0.5, 0.6) is 5.75 Å². The Balaban J connectivity index is 1.76. The molecule has 0 heterocycles. The minimum absolute atomic E-state index is 0.0330. The smallest absolute Gasteiger partial charge is 0.254 e. The third kappa shape index (κ3) is 3.68. The van der Waals surface area contributed by atoms with Gasteiger partial charge in [0.25, 0.3) is 5.91 Å². The molecule has 1 saturated carbocycles. The van der Waals surface area contributed by atoms with Gasteiger partial charge in [0, 0.05) is 11.6 Å². The van der Waals surface area contributed by atoms with Crippen LogP contribution < -0.4 is 0 Å². The number of nitrogens with zero attached hydrogens (tertiary/aromatic N) is 1. The molecular formula is C18H18FNO3. The van der Waals surface area contributed by atoms with Gasteiger partial charge in [0.05, 0.1) is 12.6 Å². The zero-order valence-electron chi connectivity index (χ0n) is 12.5. The van der Waals surface area contributed by atoms with Crippen LogP contribution in [0.25, 0.3) is 0 Å². The van der Waals surface area contributed by atoms with Gasteiger partial charge in [-0.3, -0.25) is 4.79 Å². The van der Waals surface area contributed by atoms with E-state index in [1.807, 2.05) is 0 Å². The van der Waals surface area contributed by atoms with Crippen LogP contribution in [-0.2, 0) is 0 Å². The van der Waals surface area contributed by atoms with Crippen molar-refractivity contribution in [3.63, 3.8) is 0 Å². The van der Waals surface area contributed by atoms with E-state index in [0.29, 0.717) is 11.1 Å². The molecule has 0 spiro atoms. The van der Waals surface area contributed by atoms with E-state index in [1.165, 1.54) is 36.4 Å². The number of amides is 1. The first-order chi connectivity index (χ1) is 11.0. The molecule has 23 heavy (non-hydrogen) atoms. The highest BCUT2D eigenvalue weighted by Gasteiger charge is 2.34. The van der Waals surface area contributed by atoms with Crippen LogP contribution in [0, 0.1) is 5.82 Å². The summed E-state index contributed by atoms with van der Waals surface area (Å²) < 4.78 is 13.0. The number of phenolic OH excluding ortho intramolecular Hbond substituents is 1. The van der Waals surface area contributed by atoms with Crippen molar-refractivity contribution in [2.45, 2.75) is 25.0 Å². The molecule has 4 nitrogen and oxygen atoms in total. The number of aliphatic hydroxyl groups is 1. The molecule has 120 valence electrons. The molecule has 0 saturated heterocycles. The van der Waals surface area contributed by atoms with Gasteiger partial charge >= 0.3 is 0 Å². The van der Waals surface area contributed by atoms with Crippen molar-refractivity contribution in [3.8, 4) is 5.75 Å². The predicted molar refractivity (Wildman–Crippen MR) is 83.5 cm³/mol. The summed E-state index contributed by atoms with van der Waals surface area (Å²) in [5.74, 6) is -0.550. The van der Waals surface area contributed by atoms with Crippen molar-refractivity contribution in [1.82, 2.24) is 4.90 Å². The second kappa shape index (κ2) is 6.38. The number of halogens is 1. The van der Waals surface area contributed by atoms with Crippen molar-refractivity contribution in [3.05, 3.63) is 65.5 Å². The molecule has 1 aliphatic rings. The molecule has 5 heteroatoms. The lowest BCUT2D eigenvalue weighted by atomic mass is 10.1. The van der Waals surface area contributed by atoms with E-state index < -0.39 is 6.10 Å². The zero-order chi connectivity index (χ0) is 16.4. The van der Waals surface area contributed by atoms with Crippen LogP contribution in [-0.4, -0.2) is 33.6 Å². The largest absolute Gasteiger partial charge is 0.508 e. The Morgan fingerprint density at radius 2 is 1.91 bits per heavy atom. The third-order valence-corrected chi connectivity index (χ3v) is 3.97. The van der Waals surface area contributed by atoms with Gasteiger partial charge in [0.1, 0.15) is 11.6 Å². The molecule has 0 radical (unpaired) electrons. The number of aromatic hydroxyl groups is 1. The molecular weight excluding hydrogens is 297 g/mol. The van der Waals surface area contributed by atoms with Crippen LogP contribution in [0.1, 0.15) is 34.9 Å². The standard InChI is InChI=1S/C18H18FNO3/c19-14-6-4-12(5-7-14)17(22)11-20(15-8-9-15)18(23)13-2-1-3-16(21)10-13/h1-7,10,15,17,21-22H,8-9,11H2/t17-/m0/s1. The second-order valence-corrected chi connectivity index (χ2v) is 5.81. The van der Waals surface area contributed by atoms with Gasteiger partial charge in [-0.2, -0.15) is 0 Å². The summed E-state index contributed by atoms with van der Waals surface area (Å²) in [6, 6.07) is 11.9. The van der Waals surface area contributed by atoms with Crippen LogP contribution in [0.15, 0.2) is 48.5 Å². The summed E-state index contributed by atoms with van der Waals surface area (Å²) in [6.07, 6.45) is 0.930. The highest BCUT2D eigenvalue weighted by molar-refractivity contribution is 5.95. The lowest BCUT2D eigenvalue weighted by Gasteiger charge is -2.25. The summed E-state index contributed by atoms with van der Waals surface area (Å²) in [5.41, 5.74) is 0.962. The Morgan fingerprint density at radius 1 is 1.22 bits per heavy atom. The molecule has 1 fully saturated rings. The summed E-state index contributed by atoms with van der Waals surface area (Å²) >= 11 is 0. The zero-order valence-corrected chi connectivity index (χ0v) is 12.5. The van der Waals surface area contributed by atoms with Gasteiger partial charge in [-0.1, -0.05) is 18.2 Å². The van der Waals surface area contributed by atoms with Gasteiger partial charge in [-0.25, -0.2) is 4.39 Å². The SMILES string of the molecule is O=C(c1cccc(O)c1)N(C[C@H](O)c1ccc(F)cc1)C1CC1. The molecule has 1 amide bonds. The Bertz CT molecular complexity index is 698. The Labute approximate surface area is 133 Å². The van der Waals surface area contributed by atoms with Gasteiger partial charge < -0.3 is 15.1 Å². The van der Waals surface area contributed by atoms with Crippen LogP contribution in [0.4, 0.5) is 4.39 Å². The summed E-state index contributed by atoms with van der Waals surface area (Å²) in [7, 11) is 0. The third-order valence-electron chi connectivity index (χ3n) is 3.97. The van der Waals surface area contributed by atoms with E-state index in [0.717, 1.165) is 12.8 Å². The number of benzene rings is 2. The molecule has 3 rings (SSSR count). The van der Waals surface area contributed by atoms with Crippen LogP contribution in [0.2, 0.25) is 0 Å². The van der Waals surface area contributed by atoms with E-state index >= 15 is 0 Å². The summed E-state index contributed by atoms with van der Waals surface area (Å²) in [4.78, 5) is 14.3. The highest BCUT2D eigenvalue weighted by atomic mass is 19.1. The highest BCUT2D eigenvalue weighted by Crippen LogP contribution is 2.30. The fourth-order valence-electron chi connectivity index (χ4n) is 2.57. The number of rotatable bonds is 5. The van der Waals surface area contributed by atoms with Crippen molar-refractivity contribution < 1.29 is 19.4 Å². The second-order valence-electron chi connectivity index (χ2n) is 5.81. The Hall–Kier alpha value is -2.40. The molecule has 1 atom stereocenters. The van der Waals surface area contributed by atoms with E-state index in [9.17, 15) is 19.4 Å². The number of hydrogen-bond donors (Lipinski definition) is 2. The van der Waals surface area contributed by atoms with Gasteiger partial charge in [0.15, 0.2) is 0 Å². The summed E-state index contributed by atoms with van der Waals surface area (Å²) in [5, 5.41) is 19.9. The molecule has 0 bridgehead atoms. The molecule has 2 aromatic carbocycles. The number of hydrogen-bond acceptors (Lipinski definition) is 3. The molecule has 1 aliphatic carbocycles. The van der Waals surface area contributed by atoms with Crippen molar-refractivity contribution in [2.75, 3.05) is 6.54 Å². The first-order valence-electron chi connectivity index (χ1n) is 7.58. The van der Waals surface area contributed by atoms with E-state index in [2.05, 4.69) is 0 Å². The number of carbonyl (C=O) groups excluding carboxylic acids is 1. The molecule has 2 aromatic rings. The van der Waals surface area contributed by atoms with E-state index in [1.54, 1.807) is 17.0 Å². The average molecular weight is 315 g/mol.